The molecule has 2 aliphatic heterocycles. The molecule has 5 rings (SSSR count). The van der Waals surface area contributed by atoms with Crippen LogP contribution in [0.1, 0.15) is 52.4 Å². The lowest BCUT2D eigenvalue weighted by molar-refractivity contribution is -0.192. The molecule has 190 valence electrons. The number of carboxylic acid groups (broad SMARTS) is 1. The summed E-state index contributed by atoms with van der Waals surface area (Å²) in [5.74, 6) is -0.129. The van der Waals surface area contributed by atoms with E-state index in [0.29, 0.717) is 23.7 Å². The van der Waals surface area contributed by atoms with Gasteiger partial charge in [0.15, 0.2) is 0 Å². The van der Waals surface area contributed by atoms with Gasteiger partial charge in [-0.3, -0.25) is 9.69 Å². The van der Waals surface area contributed by atoms with E-state index in [4.69, 9.17) is 9.90 Å². The quantitative estimate of drug-likeness (QED) is 0.679. The van der Waals surface area contributed by atoms with E-state index in [0.717, 1.165) is 51.3 Å². The minimum absolute atomic E-state index is 0.0491. The van der Waals surface area contributed by atoms with Gasteiger partial charge < -0.3 is 15.0 Å². The number of likely N-dealkylation sites (tertiary alicyclic amines) is 1. The largest absolute Gasteiger partial charge is 0.490 e. The van der Waals surface area contributed by atoms with Crippen LogP contribution in [0.4, 0.5) is 13.2 Å². The Hall–Kier alpha value is -2.95. The predicted octanol–water partition coefficient (Wildman–Crippen LogP) is 3.11. The summed E-state index contributed by atoms with van der Waals surface area (Å²) in [5, 5.41) is 18.8. The van der Waals surface area contributed by atoms with Gasteiger partial charge in [0, 0.05) is 38.6 Å². The van der Waals surface area contributed by atoms with Crippen molar-refractivity contribution in [1.29, 1.82) is 0 Å². The molecule has 1 aliphatic carbocycles. The molecule has 3 aliphatic rings. The number of nitrogens with one attached hydrogen (secondary N) is 1. The molecule has 0 bridgehead atoms. The summed E-state index contributed by atoms with van der Waals surface area (Å²) < 4.78 is 33.8. The molecule has 1 saturated carbocycles. The number of nitrogens with zero attached hydrogens (tertiary/aromatic N) is 4. The van der Waals surface area contributed by atoms with Crippen LogP contribution in [0.2, 0.25) is 0 Å². The first-order chi connectivity index (χ1) is 16.5. The Balaban J connectivity index is 0.000000364. The number of halogens is 3. The van der Waals surface area contributed by atoms with Crippen LogP contribution in [-0.2, 0) is 24.3 Å². The van der Waals surface area contributed by atoms with Gasteiger partial charge in [-0.05, 0) is 50.5 Å². The van der Waals surface area contributed by atoms with Crippen molar-refractivity contribution in [1.82, 2.24) is 25.0 Å². The summed E-state index contributed by atoms with van der Waals surface area (Å²) in [5.41, 5.74) is 4.07. The van der Waals surface area contributed by atoms with Gasteiger partial charge in [-0.15, -0.1) is 10.2 Å². The Morgan fingerprint density at radius 3 is 2.26 bits per heavy atom. The molecule has 2 fully saturated rings. The van der Waals surface area contributed by atoms with Gasteiger partial charge in [0.2, 0.25) is 5.82 Å². The van der Waals surface area contributed by atoms with Crippen molar-refractivity contribution in [2.24, 2.45) is 11.8 Å². The summed E-state index contributed by atoms with van der Waals surface area (Å²) >= 11 is 0. The van der Waals surface area contributed by atoms with Crippen molar-refractivity contribution in [2.45, 2.75) is 64.8 Å². The lowest BCUT2D eigenvalue weighted by Gasteiger charge is -2.28. The lowest BCUT2D eigenvalue weighted by atomic mass is 9.89. The molecule has 11 heteroatoms. The maximum absolute atomic E-state index is 12.6. The van der Waals surface area contributed by atoms with Crippen molar-refractivity contribution in [3.05, 3.63) is 46.5 Å². The van der Waals surface area contributed by atoms with E-state index in [1.807, 2.05) is 0 Å². The Kier molecular flexibility index (Phi) is 7.16. The van der Waals surface area contributed by atoms with E-state index >= 15 is 0 Å². The van der Waals surface area contributed by atoms with Crippen molar-refractivity contribution >= 4 is 11.9 Å². The van der Waals surface area contributed by atoms with E-state index in [1.165, 1.54) is 23.1 Å². The van der Waals surface area contributed by atoms with Gasteiger partial charge >= 0.3 is 12.1 Å². The number of aromatic nitrogens is 3. The molecule has 1 saturated heterocycles. The van der Waals surface area contributed by atoms with Gasteiger partial charge in [0.05, 0.1) is 0 Å². The predicted molar refractivity (Wildman–Crippen MR) is 121 cm³/mol. The van der Waals surface area contributed by atoms with Crippen molar-refractivity contribution in [3.8, 4) is 0 Å². The van der Waals surface area contributed by atoms with Crippen LogP contribution < -0.4 is 5.32 Å². The van der Waals surface area contributed by atoms with Crippen LogP contribution in [0.25, 0.3) is 0 Å². The second kappa shape index (κ2) is 9.96. The molecule has 0 spiro atoms. The molecule has 2 N–H and O–H groups in total. The third-order valence-corrected chi connectivity index (χ3v) is 6.91. The number of hydrogen-bond acceptors (Lipinski definition) is 5. The van der Waals surface area contributed by atoms with E-state index in [9.17, 15) is 18.0 Å². The van der Waals surface area contributed by atoms with Crippen LogP contribution in [0.15, 0.2) is 18.2 Å². The van der Waals surface area contributed by atoms with Crippen molar-refractivity contribution in [2.75, 3.05) is 13.1 Å². The first-order valence-corrected chi connectivity index (χ1v) is 11.8. The van der Waals surface area contributed by atoms with E-state index in [2.05, 4.69) is 57.0 Å². The molecule has 0 radical (unpaired) electrons. The first-order valence-electron chi connectivity index (χ1n) is 11.8. The van der Waals surface area contributed by atoms with Crippen molar-refractivity contribution in [3.63, 3.8) is 0 Å². The maximum Gasteiger partial charge on any atom is 0.490 e. The molecule has 35 heavy (non-hydrogen) atoms. The Morgan fingerprint density at radius 2 is 1.69 bits per heavy atom. The van der Waals surface area contributed by atoms with Gasteiger partial charge in [-0.25, -0.2) is 4.79 Å². The SMILES string of the molecule is Cc1cc(C)cc(CN2CC3Cc4nnc(C(=O)NC5CCC5)n4CC3C2)c1.O=C(O)C(F)(F)F. The molecule has 3 heterocycles. The standard InChI is InChI=1S/C22H29N5O.C2HF3O2/c1-14-6-15(2)8-16(7-14)10-26-11-17-9-20-24-25-21(27(20)13-18(17)12-26)22(28)23-19-4-3-5-19;3-2(4,5)1(6)7/h6-8,17-19H,3-5,9-13H2,1-2H3,(H,23,28);(H,6,7). The minimum atomic E-state index is -5.08. The number of amides is 1. The number of carbonyl (C=O) groups excluding carboxylic acids is 1. The highest BCUT2D eigenvalue weighted by molar-refractivity contribution is 5.91. The van der Waals surface area contributed by atoms with Crippen molar-refractivity contribution < 1.29 is 27.9 Å². The molecular formula is C24H30F3N5O3. The summed E-state index contributed by atoms with van der Waals surface area (Å²) in [6, 6.07) is 7.16. The average Bonchev–Trinajstić information content (AvgIpc) is 3.30. The summed E-state index contributed by atoms with van der Waals surface area (Å²) in [4.78, 5) is 24.1. The number of alkyl halides is 3. The number of hydrogen-bond donors (Lipinski definition) is 2. The number of rotatable bonds is 4. The van der Waals surface area contributed by atoms with E-state index in [-0.39, 0.29) is 5.91 Å². The fourth-order valence-electron chi connectivity index (χ4n) is 5.14. The molecule has 8 nitrogen and oxygen atoms in total. The topological polar surface area (TPSA) is 100 Å². The number of fused-ring (bicyclic) bond motifs is 2. The third-order valence-electron chi connectivity index (χ3n) is 6.91. The van der Waals surface area contributed by atoms with E-state index in [1.54, 1.807) is 0 Å². The highest BCUT2D eigenvalue weighted by Gasteiger charge is 2.39. The zero-order chi connectivity index (χ0) is 25.3. The summed E-state index contributed by atoms with van der Waals surface area (Å²) in [6.45, 7) is 8.40. The van der Waals surface area contributed by atoms with Crippen LogP contribution in [0.5, 0.6) is 0 Å². The summed E-state index contributed by atoms with van der Waals surface area (Å²) in [7, 11) is 0. The molecule has 2 unspecified atom stereocenters. The molecule has 1 aromatic carbocycles. The van der Waals surface area contributed by atoms with Gasteiger partial charge in [0.1, 0.15) is 5.82 Å². The Morgan fingerprint density at radius 1 is 1.06 bits per heavy atom. The third kappa shape index (κ3) is 6.01. The second-order valence-electron chi connectivity index (χ2n) is 9.87. The number of carbonyl (C=O) groups is 2. The smallest absolute Gasteiger partial charge is 0.475 e. The first kappa shape index (κ1) is 25.2. The van der Waals surface area contributed by atoms with Crippen LogP contribution in [0.3, 0.4) is 0 Å². The highest BCUT2D eigenvalue weighted by atomic mass is 19.4. The Labute approximate surface area is 201 Å². The Bertz CT molecular complexity index is 1080. The zero-order valence-corrected chi connectivity index (χ0v) is 19.8. The van der Waals surface area contributed by atoms with Gasteiger partial charge in [-0.1, -0.05) is 29.3 Å². The fraction of sp³-hybridized carbons (Fsp3) is 0.583. The van der Waals surface area contributed by atoms with Crippen LogP contribution >= 0.6 is 0 Å². The number of aliphatic carboxylic acids is 1. The summed E-state index contributed by atoms with van der Waals surface area (Å²) in [6.07, 6.45) is -0.768. The molecule has 1 aromatic heterocycles. The lowest BCUT2D eigenvalue weighted by Crippen LogP contribution is -2.41. The number of benzene rings is 1. The second-order valence-corrected chi connectivity index (χ2v) is 9.87. The average molecular weight is 494 g/mol. The van der Waals surface area contributed by atoms with E-state index < -0.39 is 12.1 Å². The normalized spacial score (nSPS) is 21.9. The molecule has 2 aromatic rings. The minimum Gasteiger partial charge on any atom is -0.475 e. The van der Waals surface area contributed by atoms with Crippen LogP contribution in [-0.4, -0.2) is 62.0 Å². The monoisotopic (exact) mass is 493 g/mol. The highest BCUT2D eigenvalue weighted by Crippen LogP contribution is 2.33. The van der Waals surface area contributed by atoms with Gasteiger partial charge in [0.25, 0.3) is 5.91 Å². The fourth-order valence-corrected chi connectivity index (χ4v) is 5.14. The zero-order valence-electron chi connectivity index (χ0n) is 19.8. The van der Waals surface area contributed by atoms with Crippen LogP contribution in [0, 0.1) is 25.7 Å². The maximum atomic E-state index is 12.6. The molecule has 2 atom stereocenters. The molecule has 1 amide bonds. The molecular weight excluding hydrogens is 463 g/mol. The van der Waals surface area contributed by atoms with Gasteiger partial charge in [-0.2, -0.15) is 13.2 Å². The number of aryl methyl sites for hydroxylation is 2. The number of carboxylic acids is 1.